The Kier molecular flexibility index (Phi) is 2.33. The number of halogens is 1. The summed E-state index contributed by atoms with van der Waals surface area (Å²) in [6, 6.07) is 6.98. The van der Waals surface area contributed by atoms with Crippen LogP contribution in [0.2, 0.25) is 5.02 Å². The van der Waals surface area contributed by atoms with E-state index in [-0.39, 0.29) is 5.56 Å². The summed E-state index contributed by atoms with van der Waals surface area (Å²) in [5, 5.41) is 0.640. The summed E-state index contributed by atoms with van der Waals surface area (Å²) in [7, 11) is 0. The molecule has 1 aromatic heterocycles. The van der Waals surface area contributed by atoms with E-state index in [1.54, 1.807) is 30.5 Å². The van der Waals surface area contributed by atoms with Crippen LogP contribution >= 0.6 is 11.6 Å². The van der Waals surface area contributed by atoms with Crippen molar-refractivity contribution in [2.24, 2.45) is 0 Å². The van der Waals surface area contributed by atoms with Crippen molar-refractivity contribution in [2.45, 2.75) is 0 Å². The normalized spacial score (nSPS) is 10.1. The third-order valence-corrected chi connectivity index (χ3v) is 2.08. The molecule has 0 aliphatic rings. The van der Waals surface area contributed by atoms with Gasteiger partial charge in [-0.25, -0.2) is 4.98 Å². The molecule has 0 fully saturated rings. The number of hydrogen-bond acceptors (Lipinski definition) is 2. The standard InChI is InChI=1S/C10H7ClN2O/c11-8-3-1-7(2-4-8)9-10(14)13-6-5-12-9/h1-6H,(H,13,14). The van der Waals surface area contributed by atoms with Gasteiger partial charge in [-0.15, -0.1) is 0 Å². The lowest BCUT2D eigenvalue weighted by Gasteiger charge is -1.98. The fraction of sp³-hybridized carbons (Fsp3) is 0. The molecule has 0 spiro atoms. The van der Waals surface area contributed by atoms with Gasteiger partial charge in [-0.3, -0.25) is 4.79 Å². The highest BCUT2D eigenvalue weighted by Gasteiger charge is 2.02. The number of aromatic amines is 1. The molecule has 0 atom stereocenters. The highest BCUT2D eigenvalue weighted by molar-refractivity contribution is 6.30. The van der Waals surface area contributed by atoms with E-state index in [1.807, 2.05) is 0 Å². The Hall–Kier alpha value is -1.61. The first-order valence-electron chi connectivity index (χ1n) is 4.07. The molecular weight excluding hydrogens is 200 g/mol. The summed E-state index contributed by atoms with van der Waals surface area (Å²) < 4.78 is 0. The van der Waals surface area contributed by atoms with Gasteiger partial charge in [0.1, 0.15) is 5.69 Å². The molecule has 0 saturated carbocycles. The summed E-state index contributed by atoms with van der Waals surface area (Å²) in [6.07, 6.45) is 3.05. The van der Waals surface area contributed by atoms with Gasteiger partial charge in [0.2, 0.25) is 0 Å². The van der Waals surface area contributed by atoms with E-state index in [2.05, 4.69) is 9.97 Å². The van der Waals surface area contributed by atoms with E-state index in [0.717, 1.165) is 5.56 Å². The van der Waals surface area contributed by atoms with E-state index in [1.165, 1.54) is 6.20 Å². The summed E-state index contributed by atoms with van der Waals surface area (Å²) in [6.45, 7) is 0. The number of benzene rings is 1. The first kappa shape index (κ1) is 8.97. The van der Waals surface area contributed by atoms with Crippen LogP contribution in [0, 0.1) is 0 Å². The minimum Gasteiger partial charge on any atom is -0.326 e. The van der Waals surface area contributed by atoms with Crippen LogP contribution < -0.4 is 5.56 Å². The van der Waals surface area contributed by atoms with Crippen LogP contribution in [0.3, 0.4) is 0 Å². The van der Waals surface area contributed by atoms with Gasteiger partial charge in [-0.05, 0) is 12.1 Å². The van der Waals surface area contributed by atoms with Crippen molar-refractivity contribution in [3.05, 3.63) is 52.0 Å². The zero-order chi connectivity index (χ0) is 9.97. The Labute approximate surface area is 85.4 Å². The minimum atomic E-state index is -0.199. The van der Waals surface area contributed by atoms with Gasteiger partial charge < -0.3 is 4.98 Å². The Morgan fingerprint density at radius 3 is 2.57 bits per heavy atom. The summed E-state index contributed by atoms with van der Waals surface area (Å²) in [5.74, 6) is 0. The molecular formula is C10H7ClN2O. The maximum atomic E-state index is 11.4. The second kappa shape index (κ2) is 3.64. The smallest absolute Gasteiger partial charge is 0.274 e. The van der Waals surface area contributed by atoms with Gasteiger partial charge in [-0.2, -0.15) is 0 Å². The van der Waals surface area contributed by atoms with Crippen molar-refractivity contribution < 1.29 is 0 Å². The summed E-state index contributed by atoms with van der Waals surface area (Å²) >= 11 is 5.73. The molecule has 0 aliphatic heterocycles. The predicted octanol–water partition coefficient (Wildman–Crippen LogP) is 2.09. The van der Waals surface area contributed by atoms with E-state index in [9.17, 15) is 4.79 Å². The van der Waals surface area contributed by atoms with Crippen molar-refractivity contribution in [2.75, 3.05) is 0 Å². The first-order chi connectivity index (χ1) is 6.77. The highest BCUT2D eigenvalue weighted by atomic mass is 35.5. The Morgan fingerprint density at radius 1 is 1.21 bits per heavy atom. The molecule has 2 rings (SSSR count). The molecule has 1 N–H and O–H groups in total. The number of hydrogen-bond donors (Lipinski definition) is 1. The van der Waals surface area contributed by atoms with Crippen LogP contribution in [0.15, 0.2) is 41.5 Å². The van der Waals surface area contributed by atoms with Crippen molar-refractivity contribution in [3.63, 3.8) is 0 Å². The average molecular weight is 207 g/mol. The average Bonchev–Trinajstić information content (AvgIpc) is 2.20. The Balaban J connectivity index is 2.56. The Bertz CT molecular complexity index is 490. The third-order valence-electron chi connectivity index (χ3n) is 1.83. The van der Waals surface area contributed by atoms with Gasteiger partial charge in [-0.1, -0.05) is 23.7 Å². The topological polar surface area (TPSA) is 45.8 Å². The molecule has 0 bridgehead atoms. The third kappa shape index (κ3) is 1.67. The molecule has 0 radical (unpaired) electrons. The molecule has 0 unspecified atom stereocenters. The van der Waals surface area contributed by atoms with Gasteiger partial charge >= 0.3 is 0 Å². The number of H-pyrrole nitrogens is 1. The van der Waals surface area contributed by atoms with Crippen molar-refractivity contribution in [1.29, 1.82) is 0 Å². The summed E-state index contributed by atoms with van der Waals surface area (Å²) in [5.41, 5.74) is 0.968. The lowest BCUT2D eigenvalue weighted by Crippen LogP contribution is -2.09. The molecule has 0 saturated heterocycles. The second-order valence-electron chi connectivity index (χ2n) is 2.77. The SMILES string of the molecule is O=c1[nH]ccnc1-c1ccc(Cl)cc1. The van der Waals surface area contributed by atoms with Crippen LogP contribution in [0.25, 0.3) is 11.3 Å². The van der Waals surface area contributed by atoms with Crippen molar-refractivity contribution in [1.82, 2.24) is 9.97 Å². The molecule has 0 amide bonds. The monoisotopic (exact) mass is 206 g/mol. The molecule has 2 aromatic rings. The van der Waals surface area contributed by atoms with E-state index >= 15 is 0 Å². The van der Waals surface area contributed by atoms with Gasteiger partial charge in [0.05, 0.1) is 0 Å². The zero-order valence-electron chi connectivity index (χ0n) is 7.20. The molecule has 14 heavy (non-hydrogen) atoms. The minimum absolute atomic E-state index is 0.199. The van der Waals surface area contributed by atoms with Crippen LogP contribution in [0.1, 0.15) is 0 Å². The quantitative estimate of drug-likeness (QED) is 0.777. The number of aromatic nitrogens is 2. The Morgan fingerprint density at radius 2 is 1.93 bits per heavy atom. The van der Waals surface area contributed by atoms with E-state index in [4.69, 9.17) is 11.6 Å². The maximum absolute atomic E-state index is 11.4. The molecule has 1 aromatic carbocycles. The van der Waals surface area contributed by atoms with Crippen LogP contribution in [0.4, 0.5) is 0 Å². The predicted molar refractivity (Wildman–Crippen MR) is 55.3 cm³/mol. The van der Waals surface area contributed by atoms with Crippen molar-refractivity contribution in [3.8, 4) is 11.3 Å². The molecule has 1 heterocycles. The largest absolute Gasteiger partial charge is 0.326 e. The summed E-state index contributed by atoms with van der Waals surface area (Å²) in [4.78, 5) is 17.9. The van der Waals surface area contributed by atoms with Gasteiger partial charge in [0.25, 0.3) is 5.56 Å². The lowest BCUT2D eigenvalue weighted by molar-refractivity contribution is 1.14. The van der Waals surface area contributed by atoms with E-state index < -0.39 is 0 Å². The number of nitrogens with one attached hydrogen (secondary N) is 1. The molecule has 4 heteroatoms. The fourth-order valence-corrected chi connectivity index (χ4v) is 1.29. The highest BCUT2D eigenvalue weighted by Crippen LogP contribution is 2.15. The lowest BCUT2D eigenvalue weighted by atomic mass is 10.2. The van der Waals surface area contributed by atoms with E-state index in [0.29, 0.717) is 10.7 Å². The maximum Gasteiger partial charge on any atom is 0.274 e. The molecule has 70 valence electrons. The fourth-order valence-electron chi connectivity index (χ4n) is 1.17. The first-order valence-corrected chi connectivity index (χ1v) is 4.45. The molecule has 0 aliphatic carbocycles. The van der Waals surface area contributed by atoms with Crippen LogP contribution in [0.5, 0.6) is 0 Å². The number of rotatable bonds is 1. The van der Waals surface area contributed by atoms with Crippen LogP contribution in [-0.2, 0) is 0 Å². The van der Waals surface area contributed by atoms with Crippen molar-refractivity contribution >= 4 is 11.6 Å². The zero-order valence-corrected chi connectivity index (χ0v) is 7.95. The van der Waals surface area contributed by atoms with Crippen LogP contribution in [-0.4, -0.2) is 9.97 Å². The van der Waals surface area contributed by atoms with Gasteiger partial charge in [0, 0.05) is 23.0 Å². The number of nitrogens with zero attached hydrogens (tertiary/aromatic N) is 1. The molecule has 3 nitrogen and oxygen atoms in total. The van der Waals surface area contributed by atoms with Gasteiger partial charge in [0.15, 0.2) is 0 Å². The second-order valence-corrected chi connectivity index (χ2v) is 3.21.